The summed E-state index contributed by atoms with van der Waals surface area (Å²) < 4.78 is 2.45. The van der Waals surface area contributed by atoms with E-state index in [1.165, 1.54) is 66.4 Å². The van der Waals surface area contributed by atoms with Gasteiger partial charge in [-0.25, -0.2) is 0 Å². The van der Waals surface area contributed by atoms with Crippen molar-refractivity contribution in [1.29, 1.82) is 0 Å². The van der Waals surface area contributed by atoms with Gasteiger partial charge in [0.2, 0.25) is 0 Å². The molecule has 0 N–H and O–H groups in total. The first-order valence-corrected chi connectivity index (χ1v) is 11.8. The van der Waals surface area contributed by atoms with Crippen LogP contribution in [0.25, 0.3) is 49.8 Å². The minimum atomic E-state index is -0.00740. The molecule has 5 aromatic rings. The lowest BCUT2D eigenvalue weighted by molar-refractivity contribution is 0.660. The van der Waals surface area contributed by atoms with Crippen molar-refractivity contribution in [1.82, 2.24) is 4.57 Å². The molecular formula is C32H29N. The van der Waals surface area contributed by atoms with E-state index in [2.05, 4.69) is 124 Å². The van der Waals surface area contributed by atoms with Crippen molar-refractivity contribution in [2.75, 3.05) is 0 Å². The molecule has 1 heteroatoms. The molecule has 0 radical (unpaired) electrons. The second kappa shape index (κ2) is 6.96. The Morgan fingerprint density at radius 1 is 0.758 bits per heavy atom. The number of hydrogen-bond acceptors (Lipinski definition) is 0. The molecular weight excluding hydrogens is 398 g/mol. The first-order chi connectivity index (χ1) is 15.9. The number of aromatic nitrogens is 1. The summed E-state index contributed by atoms with van der Waals surface area (Å²) in [5, 5.41) is 2.62. The van der Waals surface area contributed by atoms with E-state index in [4.69, 9.17) is 0 Å². The maximum atomic E-state index is 2.45. The number of nitrogens with zero attached hydrogens (tertiary/aromatic N) is 1. The van der Waals surface area contributed by atoms with Gasteiger partial charge in [-0.3, -0.25) is 0 Å². The Kier molecular flexibility index (Phi) is 4.23. The average Bonchev–Trinajstić information content (AvgIpc) is 3.28. The van der Waals surface area contributed by atoms with Gasteiger partial charge in [-0.15, -0.1) is 0 Å². The van der Waals surface area contributed by atoms with Crippen LogP contribution >= 0.6 is 0 Å². The van der Waals surface area contributed by atoms with Crippen molar-refractivity contribution >= 4 is 27.5 Å². The average molecular weight is 428 g/mol. The van der Waals surface area contributed by atoms with Crippen LogP contribution in [0.4, 0.5) is 0 Å². The lowest BCUT2D eigenvalue weighted by atomic mass is 9.81. The molecule has 0 bridgehead atoms. The molecule has 0 aliphatic heterocycles. The Morgan fingerprint density at radius 2 is 1.45 bits per heavy atom. The fourth-order valence-corrected chi connectivity index (χ4v) is 5.90. The van der Waals surface area contributed by atoms with Gasteiger partial charge in [0.25, 0.3) is 0 Å². The SMILES string of the molecule is C/C=C(\C)n1c2ccccc2c2cccc(-c3cc(C)cc4c3-c3ccccc3C4(C)C)c21. The summed E-state index contributed by atoms with van der Waals surface area (Å²) in [6.07, 6.45) is 2.21. The van der Waals surface area contributed by atoms with Crippen LogP contribution in [-0.2, 0) is 5.41 Å². The third-order valence-corrected chi connectivity index (χ3v) is 7.58. The van der Waals surface area contributed by atoms with E-state index < -0.39 is 0 Å². The second-order valence-electron chi connectivity index (χ2n) is 9.89. The number of para-hydroxylation sites is 2. The highest BCUT2D eigenvalue weighted by Crippen LogP contribution is 2.53. The van der Waals surface area contributed by atoms with Crippen LogP contribution in [0, 0.1) is 6.92 Å². The van der Waals surface area contributed by atoms with E-state index in [0.717, 1.165) is 0 Å². The van der Waals surface area contributed by atoms with Gasteiger partial charge in [-0.05, 0) is 54.7 Å². The monoisotopic (exact) mass is 427 g/mol. The van der Waals surface area contributed by atoms with E-state index in [1.54, 1.807) is 0 Å². The van der Waals surface area contributed by atoms with Gasteiger partial charge in [-0.2, -0.15) is 0 Å². The molecule has 0 fully saturated rings. The van der Waals surface area contributed by atoms with Crippen LogP contribution in [0.3, 0.4) is 0 Å². The van der Waals surface area contributed by atoms with E-state index in [-0.39, 0.29) is 5.41 Å². The summed E-state index contributed by atoms with van der Waals surface area (Å²) in [4.78, 5) is 0. The Balaban J connectivity index is 1.81. The molecule has 0 saturated carbocycles. The molecule has 0 saturated heterocycles. The van der Waals surface area contributed by atoms with Gasteiger partial charge >= 0.3 is 0 Å². The van der Waals surface area contributed by atoms with Crippen molar-refractivity contribution < 1.29 is 0 Å². The Morgan fingerprint density at radius 3 is 2.27 bits per heavy atom. The molecule has 0 atom stereocenters. The summed E-state index contributed by atoms with van der Waals surface area (Å²) in [6.45, 7) is 11.3. The number of rotatable bonds is 2. The lowest BCUT2D eigenvalue weighted by Crippen LogP contribution is -2.15. The van der Waals surface area contributed by atoms with Crippen LogP contribution in [0.2, 0.25) is 0 Å². The normalized spacial score (nSPS) is 14.6. The van der Waals surface area contributed by atoms with Crippen molar-refractivity contribution in [2.24, 2.45) is 0 Å². The minimum Gasteiger partial charge on any atom is -0.313 e. The van der Waals surface area contributed by atoms with Gasteiger partial charge in [0.05, 0.1) is 11.0 Å². The third-order valence-electron chi connectivity index (χ3n) is 7.58. The Hall–Kier alpha value is -3.58. The molecule has 1 heterocycles. The van der Waals surface area contributed by atoms with Crippen LogP contribution in [0.5, 0.6) is 0 Å². The molecule has 6 rings (SSSR count). The molecule has 1 aromatic heterocycles. The van der Waals surface area contributed by atoms with Gasteiger partial charge in [-0.1, -0.05) is 98.3 Å². The molecule has 33 heavy (non-hydrogen) atoms. The molecule has 0 amide bonds. The summed E-state index contributed by atoms with van der Waals surface area (Å²) in [5.74, 6) is 0. The predicted molar refractivity (Wildman–Crippen MR) is 143 cm³/mol. The summed E-state index contributed by atoms with van der Waals surface area (Å²) in [5.41, 5.74) is 13.4. The van der Waals surface area contributed by atoms with Crippen molar-refractivity contribution in [3.63, 3.8) is 0 Å². The Labute approximate surface area is 196 Å². The van der Waals surface area contributed by atoms with Crippen LogP contribution in [0.15, 0.2) is 84.9 Å². The number of allylic oxidation sites excluding steroid dienone is 2. The Bertz CT molecular complexity index is 1610. The zero-order valence-electron chi connectivity index (χ0n) is 20.0. The number of fused-ring (bicyclic) bond motifs is 6. The highest BCUT2D eigenvalue weighted by Gasteiger charge is 2.37. The van der Waals surface area contributed by atoms with E-state index >= 15 is 0 Å². The third kappa shape index (κ3) is 2.66. The standard InChI is InChI=1S/C32H29N/c1-6-21(3)33-29-17-10-8-12-22(29)23-14-11-15-24(31(23)33)26-18-20(2)19-28-30(26)25-13-7-9-16-27(25)32(28,4)5/h6-19H,1-5H3/b21-6+. The topological polar surface area (TPSA) is 4.93 Å². The summed E-state index contributed by atoms with van der Waals surface area (Å²) in [6, 6.07) is 29.3. The molecule has 1 aliphatic carbocycles. The highest BCUT2D eigenvalue weighted by molar-refractivity contribution is 6.15. The van der Waals surface area contributed by atoms with Crippen molar-refractivity contribution in [3.05, 3.63) is 102 Å². The van der Waals surface area contributed by atoms with E-state index in [1.807, 2.05) is 0 Å². The first-order valence-electron chi connectivity index (χ1n) is 11.8. The minimum absolute atomic E-state index is 0.00740. The molecule has 1 nitrogen and oxygen atoms in total. The van der Waals surface area contributed by atoms with Crippen LogP contribution < -0.4 is 0 Å². The summed E-state index contributed by atoms with van der Waals surface area (Å²) >= 11 is 0. The second-order valence-corrected chi connectivity index (χ2v) is 9.89. The smallest absolute Gasteiger partial charge is 0.0616 e. The van der Waals surface area contributed by atoms with Crippen LogP contribution in [0.1, 0.15) is 44.4 Å². The largest absolute Gasteiger partial charge is 0.313 e. The maximum Gasteiger partial charge on any atom is 0.0616 e. The molecule has 1 aliphatic rings. The zero-order valence-corrected chi connectivity index (χ0v) is 20.0. The van der Waals surface area contributed by atoms with Gasteiger partial charge in [0.1, 0.15) is 0 Å². The molecule has 0 unspecified atom stereocenters. The predicted octanol–water partition coefficient (Wildman–Crippen LogP) is 8.96. The highest BCUT2D eigenvalue weighted by atomic mass is 15.0. The molecule has 0 spiro atoms. The van der Waals surface area contributed by atoms with Crippen molar-refractivity contribution in [3.8, 4) is 22.3 Å². The van der Waals surface area contributed by atoms with Crippen LogP contribution in [-0.4, -0.2) is 4.57 Å². The van der Waals surface area contributed by atoms with E-state index in [0.29, 0.717) is 0 Å². The van der Waals surface area contributed by atoms with Gasteiger partial charge < -0.3 is 4.57 Å². The number of hydrogen-bond donors (Lipinski definition) is 0. The zero-order chi connectivity index (χ0) is 22.9. The van der Waals surface area contributed by atoms with Gasteiger partial charge in [0.15, 0.2) is 0 Å². The maximum absolute atomic E-state index is 2.45. The molecule has 162 valence electrons. The van der Waals surface area contributed by atoms with Gasteiger partial charge in [0, 0.05) is 27.4 Å². The molecule has 4 aromatic carbocycles. The van der Waals surface area contributed by atoms with E-state index in [9.17, 15) is 0 Å². The fourth-order valence-electron chi connectivity index (χ4n) is 5.90. The fraction of sp³-hybridized carbons (Fsp3) is 0.188. The number of benzene rings is 4. The van der Waals surface area contributed by atoms with Crippen molar-refractivity contribution in [2.45, 2.75) is 40.0 Å². The summed E-state index contributed by atoms with van der Waals surface area (Å²) in [7, 11) is 0. The lowest BCUT2D eigenvalue weighted by Gasteiger charge is -2.22. The quantitative estimate of drug-likeness (QED) is 0.265. The number of aryl methyl sites for hydroxylation is 1. The first kappa shape index (κ1) is 20.1.